The van der Waals surface area contributed by atoms with Crippen LogP contribution in [0.5, 0.6) is 0 Å². The second-order valence-electron chi connectivity index (χ2n) is 7.57. The molecule has 10 heteroatoms. The second kappa shape index (κ2) is 7.86. The van der Waals surface area contributed by atoms with E-state index in [1.165, 1.54) is 0 Å². The van der Waals surface area contributed by atoms with Crippen molar-refractivity contribution in [1.82, 2.24) is 15.3 Å². The molecule has 0 N–H and O–H groups in total. The van der Waals surface area contributed by atoms with E-state index < -0.39 is 4.92 Å². The molecule has 0 aliphatic carbocycles. The third-order valence-corrected chi connectivity index (χ3v) is 5.89. The fourth-order valence-electron chi connectivity index (χ4n) is 4.48. The molecule has 4 heterocycles. The van der Waals surface area contributed by atoms with Gasteiger partial charge >= 0.3 is 5.69 Å². The minimum absolute atomic E-state index is 0.0631. The van der Waals surface area contributed by atoms with Crippen LogP contribution >= 0.6 is 0 Å². The highest BCUT2D eigenvalue weighted by Crippen LogP contribution is 2.44. The van der Waals surface area contributed by atoms with Gasteiger partial charge in [0.15, 0.2) is 5.52 Å². The highest BCUT2D eigenvalue weighted by molar-refractivity contribution is 6.00. The monoisotopic (exact) mass is 410 g/mol. The highest BCUT2D eigenvalue weighted by Gasteiger charge is 2.34. The molecule has 156 valence electrons. The van der Waals surface area contributed by atoms with Crippen LogP contribution in [0.2, 0.25) is 0 Å². The number of fused-ring (bicyclic) bond motifs is 1. The molecule has 2 fully saturated rings. The molecule has 2 aromatic heterocycles. The summed E-state index contributed by atoms with van der Waals surface area (Å²) < 4.78 is 10.4. The topological polar surface area (TPSA) is 111 Å². The number of pyridine rings is 1. The summed E-state index contributed by atoms with van der Waals surface area (Å²) in [6.45, 7) is 3.06. The number of nitrogens with zero attached hydrogens (tertiary/aromatic N) is 6. The minimum atomic E-state index is -0.393. The van der Waals surface area contributed by atoms with Crippen LogP contribution < -0.4 is 9.80 Å². The first-order valence-electron chi connectivity index (χ1n) is 10.2. The van der Waals surface area contributed by atoms with Gasteiger partial charge in [0.05, 0.1) is 29.9 Å². The lowest BCUT2D eigenvalue weighted by Gasteiger charge is -2.38. The molecular formula is C20H22N6O4. The Hall–Kier alpha value is -3.27. The first kappa shape index (κ1) is 18.7. The lowest BCUT2D eigenvalue weighted by atomic mass is 9.95. The fourth-order valence-corrected chi connectivity index (χ4v) is 4.48. The summed E-state index contributed by atoms with van der Waals surface area (Å²) >= 11 is 0. The Morgan fingerprint density at radius 3 is 2.70 bits per heavy atom. The standard InChI is InChI=1S/C20H22N6O4/c27-26(28)20-17(24-8-10-29-11-9-24)12-16(18-19(20)23-30-22-18)25-7-2-1-5-15(25)14-4-3-6-21-13-14/h3-4,6,12-13,15H,1-2,5,7-11H2. The summed E-state index contributed by atoms with van der Waals surface area (Å²) in [5.41, 5.74) is 3.02. The Kier molecular flexibility index (Phi) is 4.91. The van der Waals surface area contributed by atoms with Gasteiger partial charge < -0.3 is 14.5 Å². The molecule has 5 rings (SSSR count). The average molecular weight is 410 g/mol. The van der Waals surface area contributed by atoms with Crippen LogP contribution in [0.1, 0.15) is 30.9 Å². The summed E-state index contributed by atoms with van der Waals surface area (Å²) in [4.78, 5) is 20.1. The van der Waals surface area contributed by atoms with Gasteiger partial charge in [-0.1, -0.05) is 6.07 Å². The van der Waals surface area contributed by atoms with Crippen molar-refractivity contribution >= 4 is 28.1 Å². The molecule has 0 spiro atoms. The Labute approximate surface area is 172 Å². The largest absolute Gasteiger partial charge is 0.378 e. The van der Waals surface area contributed by atoms with Crippen molar-refractivity contribution in [2.24, 2.45) is 0 Å². The smallest absolute Gasteiger partial charge is 0.323 e. The molecule has 2 saturated heterocycles. The van der Waals surface area contributed by atoms with Gasteiger partial charge in [0.25, 0.3) is 0 Å². The number of rotatable bonds is 4. The first-order chi connectivity index (χ1) is 14.7. The van der Waals surface area contributed by atoms with Gasteiger partial charge in [-0.05, 0) is 47.3 Å². The zero-order valence-electron chi connectivity index (χ0n) is 16.4. The number of piperidine rings is 1. The van der Waals surface area contributed by atoms with Crippen LogP contribution in [0.25, 0.3) is 11.0 Å². The summed E-state index contributed by atoms with van der Waals surface area (Å²) in [6.07, 6.45) is 6.77. The number of hydrogen-bond donors (Lipinski definition) is 0. The SMILES string of the molecule is O=[N+]([O-])c1c(N2CCOCC2)cc(N2CCCCC2c2cccnc2)c2nonc12. The quantitative estimate of drug-likeness (QED) is 0.473. The summed E-state index contributed by atoms with van der Waals surface area (Å²) in [5, 5.41) is 20.0. The summed E-state index contributed by atoms with van der Waals surface area (Å²) in [5.74, 6) is 0. The van der Waals surface area contributed by atoms with Crippen LogP contribution in [-0.4, -0.2) is 53.1 Å². The van der Waals surface area contributed by atoms with E-state index in [0.29, 0.717) is 37.5 Å². The Morgan fingerprint density at radius 2 is 1.93 bits per heavy atom. The van der Waals surface area contributed by atoms with E-state index in [-0.39, 0.29) is 17.2 Å². The Morgan fingerprint density at radius 1 is 1.10 bits per heavy atom. The number of hydrogen-bond acceptors (Lipinski definition) is 9. The predicted octanol–water partition coefficient (Wildman–Crippen LogP) is 3.09. The van der Waals surface area contributed by atoms with Crippen LogP contribution in [0.4, 0.5) is 17.1 Å². The molecule has 1 atom stereocenters. The molecule has 0 saturated carbocycles. The minimum Gasteiger partial charge on any atom is -0.378 e. The molecule has 0 bridgehead atoms. The first-order valence-corrected chi connectivity index (χ1v) is 10.2. The van der Waals surface area contributed by atoms with Crippen molar-refractivity contribution < 1.29 is 14.3 Å². The number of nitro benzene ring substituents is 1. The average Bonchev–Trinajstić information content (AvgIpc) is 3.28. The van der Waals surface area contributed by atoms with Crippen LogP contribution in [0, 0.1) is 10.1 Å². The maximum atomic E-state index is 12.0. The maximum absolute atomic E-state index is 12.0. The number of benzene rings is 1. The third kappa shape index (κ3) is 3.22. The van der Waals surface area contributed by atoms with E-state index >= 15 is 0 Å². The number of nitro groups is 1. The number of ether oxygens (including phenoxy) is 1. The summed E-state index contributed by atoms with van der Waals surface area (Å²) in [7, 11) is 0. The number of anilines is 2. The number of morpholine rings is 1. The van der Waals surface area contributed by atoms with E-state index in [0.717, 1.165) is 37.1 Å². The molecule has 1 unspecified atom stereocenters. The Bertz CT molecular complexity index is 1050. The van der Waals surface area contributed by atoms with Crippen molar-refractivity contribution in [3.8, 4) is 0 Å². The number of aromatic nitrogens is 3. The highest BCUT2D eigenvalue weighted by atomic mass is 16.6. The van der Waals surface area contributed by atoms with Crippen molar-refractivity contribution in [2.75, 3.05) is 42.6 Å². The fraction of sp³-hybridized carbons (Fsp3) is 0.450. The van der Waals surface area contributed by atoms with Gasteiger partial charge in [-0.2, -0.15) is 0 Å². The van der Waals surface area contributed by atoms with Crippen molar-refractivity contribution in [3.05, 3.63) is 46.3 Å². The van der Waals surface area contributed by atoms with Crippen LogP contribution in [0.3, 0.4) is 0 Å². The molecule has 2 aliphatic rings. The molecule has 10 nitrogen and oxygen atoms in total. The van der Waals surface area contributed by atoms with E-state index in [2.05, 4.69) is 26.3 Å². The Balaban J connectivity index is 1.67. The third-order valence-electron chi connectivity index (χ3n) is 5.89. The molecule has 0 radical (unpaired) electrons. The molecule has 3 aromatic rings. The molecule has 0 amide bonds. The van der Waals surface area contributed by atoms with Crippen molar-refractivity contribution in [3.63, 3.8) is 0 Å². The lowest BCUT2D eigenvalue weighted by molar-refractivity contribution is -0.382. The van der Waals surface area contributed by atoms with E-state index in [4.69, 9.17) is 9.37 Å². The van der Waals surface area contributed by atoms with Gasteiger partial charge in [-0.25, -0.2) is 4.63 Å². The van der Waals surface area contributed by atoms with Gasteiger partial charge in [-0.15, -0.1) is 0 Å². The second-order valence-corrected chi connectivity index (χ2v) is 7.57. The van der Waals surface area contributed by atoms with Crippen molar-refractivity contribution in [1.29, 1.82) is 0 Å². The molecular weight excluding hydrogens is 388 g/mol. The van der Waals surface area contributed by atoms with Crippen LogP contribution in [0.15, 0.2) is 35.2 Å². The van der Waals surface area contributed by atoms with Gasteiger partial charge in [0, 0.05) is 32.0 Å². The van der Waals surface area contributed by atoms with E-state index in [1.54, 1.807) is 6.20 Å². The van der Waals surface area contributed by atoms with Gasteiger partial charge in [-0.3, -0.25) is 15.1 Å². The van der Waals surface area contributed by atoms with E-state index in [9.17, 15) is 10.1 Å². The van der Waals surface area contributed by atoms with E-state index in [1.807, 2.05) is 23.2 Å². The van der Waals surface area contributed by atoms with Gasteiger partial charge in [0.1, 0.15) is 5.69 Å². The normalized spacial score (nSPS) is 19.9. The van der Waals surface area contributed by atoms with Crippen LogP contribution in [-0.2, 0) is 4.74 Å². The summed E-state index contributed by atoms with van der Waals surface area (Å²) in [6, 6.07) is 6.00. The lowest BCUT2D eigenvalue weighted by Crippen LogP contribution is -2.37. The zero-order chi connectivity index (χ0) is 20.5. The van der Waals surface area contributed by atoms with Gasteiger partial charge in [0.2, 0.25) is 5.52 Å². The predicted molar refractivity (Wildman–Crippen MR) is 110 cm³/mol. The zero-order valence-corrected chi connectivity index (χ0v) is 16.4. The molecule has 30 heavy (non-hydrogen) atoms. The van der Waals surface area contributed by atoms with Crippen molar-refractivity contribution in [2.45, 2.75) is 25.3 Å². The maximum Gasteiger partial charge on any atom is 0.323 e. The molecule has 2 aliphatic heterocycles. The molecule has 1 aromatic carbocycles.